The second kappa shape index (κ2) is 5.32. The van der Waals surface area contributed by atoms with E-state index in [1.54, 1.807) is 18.5 Å². The number of nitrogens with one attached hydrogen (secondary N) is 1. The fraction of sp³-hybridized carbons (Fsp3) is 0.600. The lowest BCUT2D eigenvalue weighted by molar-refractivity contribution is -0.122. The van der Waals surface area contributed by atoms with E-state index >= 15 is 0 Å². The molecule has 0 aliphatic carbocycles. The molecule has 0 fully saturated rings. The Balaban J connectivity index is 2.66. The monoisotopic (exact) mass is 245 g/mol. The van der Waals surface area contributed by atoms with Gasteiger partial charge in [0.1, 0.15) is 6.54 Å². The summed E-state index contributed by atoms with van der Waals surface area (Å²) in [5.41, 5.74) is 1.48. The Morgan fingerprint density at radius 3 is 2.69 bits per heavy atom. The van der Waals surface area contributed by atoms with E-state index in [2.05, 4.69) is 10.4 Å². The summed E-state index contributed by atoms with van der Waals surface area (Å²) >= 11 is 5.96. The number of halogens is 1. The van der Waals surface area contributed by atoms with Crippen LogP contribution in [0.25, 0.3) is 0 Å². The van der Waals surface area contributed by atoms with Gasteiger partial charge in [-0.3, -0.25) is 9.48 Å². The molecule has 0 radical (unpaired) electrons. The molecular formula is C10H16ClN3O2. The first kappa shape index (κ1) is 13.0. The molecular weight excluding hydrogens is 230 g/mol. The van der Waals surface area contributed by atoms with Gasteiger partial charge in [-0.15, -0.1) is 0 Å². The first-order valence-electron chi connectivity index (χ1n) is 5.05. The zero-order chi connectivity index (χ0) is 12.3. The first-order chi connectivity index (χ1) is 7.45. The van der Waals surface area contributed by atoms with E-state index < -0.39 is 0 Å². The summed E-state index contributed by atoms with van der Waals surface area (Å²) in [4.78, 5) is 11.5. The topological polar surface area (TPSA) is 67.2 Å². The van der Waals surface area contributed by atoms with Crippen molar-refractivity contribution in [1.29, 1.82) is 0 Å². The Hall–Kier alpha value is -1.07. The molecule has 1 rings (SSSR count). The van der Waals surface area contributed by atoms with Crippen LogP contribution in [0.4, 0.5) is 0 Å². The third-order valence-electron chi connectivity index (χ3n) is 2.27. The Bertz CT molecular complexity index is 390. The van der Waals surface area contributed by atoms with Crippen molar-refractivity contribution in [2.45, 2.75) is 33.4 Å². The predicted molar refractivity (Wildman–Crippen MR) is 61.4 cm³/mol. The van der Waals surface area contributed by atoms with Gasteiger partial charge in [-0.2, -0.15) is 5.10 Å². The molecule has 1 aromatic rings. The number of carbonyl (C=O) groups is 1. The number of hydrogen-bond donors (Lipinski definition) is 2. The number of nitrogens with zero attached hydrogens (tertiary/aromatic N) is 2. The number of aliphatic hydroxyl groups excluding tert-OH is 1. The molecule has 6 heteroatoms. The highest BCUT2D eigenvalue weighted by atomic mass is 35.5. The minimum Gasteiger partial charge on any atom is -0.394 e. The lowest BCUT2D eigenvalue weighted by Crippen LogP contribution is -2.37. The van der Waals surface area contributed by atoms with Crippen LogP contribution in [0.5, 0.6) is 0 Å². The lowest BCUT2D eigenvalue weighted by Gasteiger charge is -2.11. The zero-order valence-corrected chi connectivity index (χ0v) is 10.4. The molecule has 0 aliphatic heterocycles. The quantitative estimate of drug-likeness (QED) is 0.819. The fourth-order valence-electron chi connectivity index (χ4n) is 1.33. The standard InChI is InChI=1S/C10H16ClN3O2/c1-6(5-15)12-9(16)4-14-8(3)10(11)7(2)13-14/h6,15H,4-5H2,1-3H3,(H,12,16). The Kier molecular flexibility index (Phi) is 4.32. The van der Waals surface area contributed by atoms with Gasteiger partial charge in [-0.25, -0.2) is 0 Å². The van der Waals surface area contributed by atoms with E-state index in [1.807, 2.05) is 6.92 Å². The summed E-state index contributed by atoms with van der Waals surface area (Å²) in [6.07, 6.45) is 0. The zero-order valence-electron chi connectivity index (χ0n) is 9.62. The highest BCUT2D eigenvalue weighted by molar-refractivity contribution is 6.31. The van der Waals surface area contributed by atoms with Gasteiger partial charge >= 0.3 is 0 Å². The van der Waals surface area contributed by atoms with Gasteiger partial charge < -0.3 is 10.4 Å². The molecule has 90 valence electrons. The first-order valence-corrected chi connectivity index (χ1v) is 5.43. The van der Waals surface area contributed by atoms with E-state index in [4.69, 9.17) is 16.7 Å². The summed E-state index contributed by atoms with van der Waals surface area (Å²) < 4.78 is 1.55. The summed E-state index contributed by atoms with van der Waals surface area (Å²) in [6, 6.07) is -0.250. The molecule has 16 heavy (non-hydrogen) atoms. The third kappa shape index (κ3) is 2.96. The average molecular weight is 246 g/mol. The second-order valence-corrected chi connectivity index (χ2v) is 4.17. The molecule has 0 aliphatic rings. The molecule has 1 atom stereocenters. The minimum atomic E-state index is -0.250. The molecule has 1 heterocycles. The van der Waals surface area contributed by atoms with Crippen molar-refractivity contribution in [2.75, 3.05) is 6.61 Å². The molecule has 0 aromatic carbocycles. The number of carbonyl (C=O) groups excluding carboxylic acids is 1. The summed E-state index contributed by atoms with van der Waals surface area (Å²) in [5, 5.41) is 16.2. The molecule has 0 spiro atoms. The summed E-state index contributed by atoms with van der Waals surface area (Å²) in [5.74, 6) is -0.191. The van der Waals surface area contributed by atoms with Gasteiger partial charge in [0.15, 0.2) is 0 Å². The van der Waals surface area contributed by atoms with E-state index in [1.165, 1.54) is 0 Å². The van der Waals surface area contributed by atoms with E-state index in [-0.39, 0.29) is 25.1 Å². The number of aromatic nitrogens is 2. The van der Waals surface area contributed by atoms with Crippen LogP contribution >= 0.6 is 11.6 Å². The van der Waals surface area contributed by atoms with Gasteiger partial charge in [-0.05, 0) is 20.8 Å². The van der Waals surface area contributed by atoms with Gasteiger partial charge in [0.25, 0.3) is 0 Å². The Labute approximate surface area is 99.4 Å². The second-order valence-electron chi connectivity index (χ2n) is 3.79. The van der Waals surface area contributed by atoms with Gasteiger partial charge in [0.2, 0.25) is 5.91 Å². The highest BCUT2D eigenvalue weighted by Crippen LogP contribution is 2.18. The van der Waals surface area contributed by atoms with Crippen LogP contribution in [0, 0.1) is 13.8 Å². The summed E-state index contributed by atoms with van der Waals surface area (Å²) in [6.45, 7) is 5.37. The van der Waals surface area contributed by atoms with E-state index in [0.717, 1.165) is 5.69 Å². The van der Waals surface area contributed by atoms with Gasteiger partial charge in [0, 0.05) is 6.04 Å². The molecule has 1 unspecified atom stereocenters. The van der Waals surface area contributed by atoms with Crippen LogP contribution in [0.2, 0.25) is 5.02 Å². The average Bonchev–Trinajstić information content (AvgIpc) is 2.46. The van der Waals surface area contributed by atoms with Crippen LogP contribution in [0.1, 0.15) is 18.3 Å². The van der Waals surface area contributed by atoms with Crippen molar-refractivity contribution in [1.82, 2.24) is 15.1 Å². The van der Waals surface area contributed by atoms with Crippen LogP contribution < -0.4 is 5.32 Å². The Morgan fingerprint density at radius 2 is 2.25 bits per heavy atom. The van der Waals surface area contributed by atoms with Crippen LogP contribution in [0.3, 0.4) is 0 Å². The van der Waals surface area contributed by atoms with Crippen LogP contribution in [-0.4, -0.2) is 33.4 Å². The summed E-state index contributed by atoms with van der Waals surface area (Å²) in [7, 11) is 0. The lowest BCUT2D eigenvalue weighted by atomic mass is 10.3. The Morgan fingerprint density at radius 1 is 1.62 bits per heavy atom. The van der Waals surface area contributed by atoms with Crippen molar-refractivity contribution < 1.29 is 9.90 Å². The smallest absolute Gasteiger partial charge is 0.242 e. The maximum Gasteiger partial charge on any atom is 0.242 e. The minimum absolute atomic E-state index is 0.0797. The largest absolute Gasteiger partial charge is 0.394 e. The van der Waals surface area contributed by atoms with E-state index in [9.17, 15) is 4.79 Å². The van der Waals surface area contributed by atoms with Gasteiger partial charge in [-0.1, -0.05) is 11.6 Å². The van der Waals surface area contributed by atoms with E-state index in [0.29, 0.717) is 10.7 Å². The number of aliphatic hydroxyl groups is 1. The highest BCUT2D eigenvalue weighted by Gasteiger charge is 2.13. The van der Waals surface area contributed by atoms with Crippen LogP contribution in [0.15, 0.2) is 0 Å². The molecule has 0 saturated heterocycles. The molecule has 1 aromatic heterocycles. The maximum absolute atomic E-state index is 11.5. The molecule has 0 saturated carbocycles. The van der Waals surface area contributed by atoms with Gasteiger partial charge in [0.05, 0.1) is 23.0 Å². The molecule has 5 nitrogen and oxygen atoms in total. The number of amides is 1. The predicted octanol–water partition coefficient (Wildman–Crippen LogP) is 0.650. The molecule has 2 N–H and O–H groups in total. The normalized spacial score (nSPS) is 12.6. The maximum atomic E-state index is 11.5. The number of hydrogen-bond acceptors (Lipinski definition) is 3. The third-order valence-corrected chi connectivity index (χ3v) is 2.81. The fourth-order valence-corrected chi connectivity index (χ4v) is 1.47. The molecule has 1 amide bonds. The van der Waals surface area contributed by atoms with Crippen molar-refractivity contribution in [2.24, 2.45) is 0 Å². The van der Waals surface area contributed by atoms with Crippen molar-refractivity contribution in [3.8, 4) is 0 Å². The number of rotatable bonds is 4. The molecule has 0 bridgehead atoms. The van der Waals surface area contributed by atoms with Crippen molar-refractivity contribution in [3.05, 3.63) is 16.4 Å². The SMILES string of the molecule is Cc1nn(CC(=O)NC(C)CO)c(C)c1Cl. The van der Waals surface area contributed by atoms with Crippen molar-refractivity contribution >= 4 is 17.5 Å². The van der Waals surface area contributed by atoms with Crippen LogP contribution in [-0.2, 0) is 11.3 Å². The van der Waals surface area contributed by atoms with Crippen molar-refractivity contribution in [3.63, 3.8) is 0 Å². The number of aryl methyl sites for hydroxylation is 1.